The molecule has 26 heavy (non-hydrogen) atoms. The molecular formula is C18H29N7O. The maximum Gasteiger partial charge on any atom is 0.223 e. The van der Waals surface area contributed by atoms with Crippen molar-refractivity contribution < 1.29 is 4.79 Å². The van der Waals surface area contributed by atoms with Crippen LogP contribution in [0.2, 0.25) is 0 Å². The number of hydrogen-bond acceptors (Lipinski definition) is 5. The number of nitrogens with zero attached hydrogens (tertiary/aromatic N) is 6. The van der Waals surface area contributed by atoms with Crippen LogP contribution in [0.3, 0.4) is 0 Å². The number of hydrogen-bond donors (Lipinski definition) is 1. The second kappa shape index (κ2) is 7.19. The van der Waals surface area contributed by atoms with Gasteiger partial charge in [-0.25, -0.2) is 9.67 Å². The molecule has 2 aromatic heterocycles. The van der Waals surface area contributed by atoms with Gasteiger partial charge in [0.15, 0.2) is 0 Å². The molecule has 1 fully saturated rings. The summed E-state index contributed by atoms with van der Waals surface area (Å²) in [6.07, 6.45) is 6.25. The molecule has 0 bridgehead atoms. The van der Waals surface area contributed by atoms with Crippen molar-refractivity contribution in [1.82, 2.24) is 34.8 Å². The predicted octanol–water partition coefficient (Wildman–Crippen LogP) is 1.47. The Labute approximate surface area is 154 Å². The molecule has 1 saturated heterocycles. The number of carbonyl (C=O) groups is 1. The van der Waals surface area contributed by atoms with E-state index in [0.29, 0.717) is 19.5 Å². The van der Waals surface area contributed by atoms with Crippen molar-refractivity contribution in [2.24, 2.45) is 13.0 Å². The van der Waals surface area contributed by atoms with E-state index in [0.717, 1.165) is 18.1 Å². The van der Waals surface area contributed by atoms with Crippen molar-refractivity contribution in [3.05, 3.63) is 30.1 Å². The van der Waals surface area contributed by atoms with E-state index in [-0.39, 0.29) is 23.4 Å². The lowest BCUT2D eigenvalue weighted by atomic mass is 9.99. The molecular weight excluding hydrogens is 330 g/mol. The summed E-state index contributed by atoms with van der Waals surface area (Å²) in [5, 5.41) is 11.9. The summed E-state index contributed by atoms with van der Waals surface area (Å²) in [6.45, 7) is 10.4. The standard InChI is InChI=1S/C18H29N7O/c1-6-24-15(26)9-13(16(24)17-20-7-8-23(17)5)10-19-11-14-12-25(22-21-14)18(2,3)4/h7-8,12-13,16,19H,6,9-11H2,1-5H3/t13-,16+/m0/s1. The van der Waals surface area contributed by atoms with Crippen LogP contribution in [0.4, 0.5) is 0 Å². The van der Waals surface area contributed by atoms with Crippen molar-refractivity contribution in [3.63, 3.8) is 0 Å². The zero-order valence-electron chi connectivity index (χ0n) is 16.3. The fraction of sp³-hybridized carbons (Fsp3) is 0.667. The third-order valence-corrected chi connectivity index (χ3v) is 4.94. The number of amides is 1. The highest BCUT2D eigenvalue weighted by Gasteiger charge is 2.41. The molecule has 0 unspecified atom stereocenters. The quantitative estimate of drug-likeness (QED) is 0.845. The Hall–Kier alpha value is -2.22. The zero-order chi connectivity index (χ0) is 18.9. The highest BCUT2D eigenvalue weighted by atomic mass is 16.2. The van der Waals surface area contributed by atoms with Crippen molar-refractivity contribution in [2.45, 2.75) is 52.2 Å². The third kappa shape index (κ3) is 3.65. The lowest BCUT2D eigenvalue weighted by Gasteiger charge is -2.27. The van der Waals surface area contributed by atoms with Gasteiger partial charge in [0.05, 0.1) is 23.5 Å². The SMILES string of the molecule is CCN1C(=O)C[C@@H](CNCc2cn(C(C)(C)C)nn2)[C@@H]1c1nccn1C. The molecule has 0 radical (unpaired) electrons. The third-order valence-electron chi connectivity index (χ3n) is 4.94. The van der Waals surface area contributed by atoms with E-state index in [1.54, 1.807) is 6.20 Å². The molecule has 0 spiro atoms. The Kier molecular flexibility index (Phi) is 5.13. The molecule has 2 atom stereocenters. The van der Waals surface area contributed by atoms with Gasteiger partial charge in [-0.05, 0) is 27.7 Å². The molecule has 142 valence electrons. The minimum absolute atomic E-state index is 0.0188. The van der Waals surface area contributed by atoms with Crippen molar-refractivity contribution in [2.75, 3.05) is 13.1 Å². The average Bonchev–Trinajstić information content (AvgIpc) is 3.26. The molecule has 1 amide bonds. The van der Waals surface area contributed by atoms with Gasteiger partial charge in [-0.15, -0.1) is 5.10 Å². The van der Waals surface area contributed by atoms with E-state index in [4.69, 9.17) is 0 Å². The van der Waals surface area contributed by atoms with Crippen LogP contribution in [0.5, 0.6) is 0 Å². The summed E-state index contributed by atoms with van der Waals surface area (Å²) in [5.74, 6) is 1.34. The largest absolute Gasteiger partial charge is 0.336 e. The maximum absolute atomic E-state index is 12.4. The van der Waals surface area contributed by atoms with Crippen LogP contribution in [0.1, 0.15) is 51.7 Å². The van der Waals surface area contributed by atoms with E-state index < -0.39 is 0 Å². The van der Waals surface area contributed by atoms with E-state index in [9.17, 15) is 4.79 Å². The Balaban J connectivity index is 1.65. The predicted molar refractivity (Wildman–Crippen MR) is 98.2 cm³/mol. The minimum Gasteiger partial charge on any atom is -0.336 e. The number of nitrogens with one attached hydrogen (secondary N) is 1. The molecule has 0 aliphatic carbocycles. The maximum atomic E-state index is 12.4. The summed E-state index contributed by atoms with van der Waals surface area (Å²) in [6, 6.07) is 0.0188. The zero-order valence-corrected chi connectivity index (χ0v) is 16.3. The second-order valence-electron chi connectivity index (χ2n) is 7.94. The lowest BCUT2D eigenvalue weighted by Crippen LogP contribution is -2.33. The van der Waals surface area contributed by atoms with Crippen LogP contribution in [0, 0.1) is 5.92 Å². The lowest BCUT2D eigenvalue weighted by molar-refractivity contribution is -0.128. The van der Waals surface area contributed by atoms with Crippen LogP contribution in [0.15, 0.2) is 18.6 Å². The van der Waals surface area contributed by atoms with E-state index >= 15 is 0 Å². The van der Waals surface area contributed by atoms with E-state index in [2.05, 4.69) is 41.4 Å². The molecule has 0 saturated carbocycles. The molecule has 3 rings (SSSR count). The Morgan fingerprint density at radius 3 is 2.69 bits per heavy atom. The fourth-order valence-electron chi connectivity index (χ4n) is 3.52. The highest BCUT2D eigenvalue weighted by molar-refractivity contribution is 5.79. The first-order valence-corrected chi connectivity index (χ1v) is 9.20. The van der Waals surface area contributed by atoms with Crippen LogP contribution in [-0.4, -0.2) is 48.4 Å². The number of imidazole rings is 1. The molecule has 3 heterocycles. The summed E-state index contributed by atoms with van der Waals surface area (Å²) in [5.41, 5.74) is 0.832. The monoisotopic (exact) mass is 359 g/mol. The smallest absolute Gasteiger partial charge is 0.223 e. The average molecular weight is 359 g/mol. The van der Waals surface area contributed by atoms with Crippen LogP contribution >= 0.6 is 0 Å². The van der Waals surface area contributed by atoms with E-state index in [1.165, 1.54) is 0 Å². The van der Waals surface area contributed by atoms with Gasteiger partial charge in [-0.1, -0.05) is 5.21 Å². The van der Waals surface area contributed by atoms with Gasteiger partial charge in [-0.3, -0.25) is 4.79 Å². The van der Waals surface area contributed by atoms with Gasteiger partial charge in [-0.2, -0.15) is 0 Å². The molecule has 1 N–H and O–H groups in total. The van der Waals surface area contributed by atoms with Crippen molar-refractivity contribution in [1.29, 1.82) is 0 Å². The number of aryl methyl sites for hydroxylation is 1. The molecule has 2 aromatic rings. The molecule has 1 aliphatic rings. The van der Waals surface area contributed by atoms with Gasteiger partial charge >= 0.3 is 0 Å². The highest BCUT2D eigenvalue weighted by Crippen LogP contribution is 2.36. The number of rotatable bonds is 6. The van der Waals surface area contributed by atoms with Crippen LogP contribution in [0.25, 0.3) is 0 Å². The molecule has 1 aliphatic heterocycles. The van der Waals surface area contributed by atoms with Crippen LogP contribution < -0.4 is 5.32 Å². The van der Waals surface area contributed by atoms with Gasteiger partial charge in [0.25, 0.3) is 0 Å². The van der Waals surface area contributed by atoms with E-state index in [1.807, 2.05) is 40.5 Å². The summed E-state index contributed by atoms with van der Waals surface area (Å²) < 4.78 is 3.88. The Morgan fingerprint density at radius 1 is 1.35 bits per heavy atom. The van der Waals surface area contributed by atoms with Crippen LogP contribution in [-0.2, 0) is 23.9 Å². The second-order valence-corrected chi connectivity index (χ2v) is 7.94. The number of likely N-dealkylation sites (tertiary alicyclic amines) is 1. The first kappa shape index (κ1) is 18.6. The summed E-state index contributed by atoms with van der Waals surface area (Å²) in [7, 11) is 1.98. The van der Waals surface area contributed by atoms with Gasteiger partial charge in [0.2, 0.25) is 5.91 Å². The fourth-order valence-corrected chi connectivity index (χ4v) is 3.52. The van der Waals surface area contributed by atoms with Gasteiger partial charge in [0.1, 0.15) is 5.82 Å². The normalized spacial score (nSPS) is 21.0. The van der Waals surface area contributed by atoms with Crippen molar-refractivity contribution in [3.8, 4) is 0 Å². The topological polar surface area (TPSA) is 80.9 Å². The Bertz CT molecular complexity index is 758. The molecule has 0 aromatic carbocycles. The molecule has 8 heteroatoms. The molecule has 8 nitrogen and oxygen atoms in total. The number of aromatic nitrogens is 5. The summed E-state index contributed by atoms with van der Waals surface area (Å²) >= 11 is 0. The first-order valence-electron chi connectivity index (χ1n) is 9.20. The minimum atomic E-state index is -0.0754. The van der Waals surface area contributed by atoms with Gasteiger partial charge in [0, 0.05) is 51.4 Å². The Morgan fingerprint density at radius 2 is 2.12 bits per heavy atom. The van der Waals surface area contributed by atoms with Crippen molar-refractivity contribution >= 4 is 5.91 Å². The first-order chi connectivity index (χ1) is 12.3. The summed E-state index contributed by atoms with van der Waals surface area (Å²) in [4.78, 5) is 18.8. The number of carbonyl (C=O) groups excluding carboxylic acids is 1. The van der Waals surface area contributed by atoms with Gasteiger partial charge < -0.3 is 14.8 Å².